The molecule has 0 aromatic heterocycles. The molecule has 2 N–H and O–H groups in total. The van der Waals surface area contributed by atoms with Crippen molar-refractivity contribution >= 4 is 27.6 Å². The Bertz CT molecular complexity index is 972. The summed E-state index contributed by atoms with van der Waals surface area (Å²) >= 11 is 0. The number of nitrogens with one attached hydrogen (secondary N) is 2. The molecule has 0 spiro atoms. The monoisotopic (exact) mass is 448 g/mol. The van der Waals surface area contributed by atoms with Crippen LogP contribution in [-0.2, 0) is 30.8 Å². The number of esters is 1. The number of sulfonamides is 1. The minimum absolute atomic E-state index is 0.132. The van der Waals surface area contributed by atoms with Crippen molar-refractivity contribution in [2.45, 2.75) is 44.6 Å². The van der Waals surface area contributed by atoms with Crippen molar-refractivity contribution < 1.29 is 27.5 Å². The predicted octanol–water partition coefficient (Wildman–Crippen LogP) is 2.89. The predicted molar refractivity (Wildman–Crippen MR) is 117 cm³/mol. The molecule has 0 aliphatic rings. The molecule has 0 unspecified atom stereocenters. The fourth-order valence-corrected chi connectivity index (χ4v) is 3.89. The van der Waals surface area contributed by atoms with Crippen molar-refractivity contribution in [3.05, 3.63) is 54.1 Å². The van der Waals surface area contributed by atoms with Gasteiger partial charge in [0.1, 0.15) is 5.75 Å². The molecule has 1 atom stereocenters. The number of amides is 1. The molecule has 0 bridgehead atoms. The number of hydrogen-bond acceptors (Lipinski definition) is 6. The lowest BCUT2D eigenvalue weighted by Gasteiger charge is -2.12. The summed E-state index contributed by atoms with van der Waals surface area (Å²) in [6.07, 6.45) is 0.855. The first-order valence-electron chi connectivity index (χ1n) is 10.0. The largest absolute Gasteiger partial charge is 0.484 e. The second-order valence-corrected chi connectivity index (χ2v) is 8.63. The van der Waals surface area contributed by atoms with Crippen molar-refractivity contribution in [1.29, 1.82) is 0 Å². The third-order valence-electron chi connectivity index (χ3n) is 4.36. The van der Waals surface area contributed by atoms with E-state index in [0.29, 0.717) is 24.5 Å². The zero-order valence-corrected chi connectivity index (χ0v) is 18.7. The van der Waals surface area contributed by atoms with Gasteiger partial charge in [0.2, 0.25) is 10.0 Å². The van der Waals surface area contributed by atoms with E-state index in [4.69, 9.17) is 9.47 Å². The minimum atomic E-state index is -3.59. The molecule has 0 heterocycles. The normalized spacial score (nSPS) is 12.1. The van der Waals surface area contributed by atoms with Gasteiger partial charge in [0.05, 0.1) is 17.9 Å². The summed E-state index contributed by atoms with van der Waals surface area (Å²) in [6.45, 7) is 5.54. The topological polar surface area (TPSA) is 111 Å². The Morgan fingerprint density at radius 1 is 1.00 bits per heavy atom. The van der Waals surface area contributed by atoms with Gasteiger partial charge in [0.15, 0.2) is 6.61 Å². The first-order valence-corrected chi connectivity index (χ1v) is 11.5. The highest BCUT2D eigenvalue weighted by Crippen LogP contribution is 2.17. The van der Waals surface area contributed by atoms with Crippen LogP contribution in [0.15, 0.2) is 53.4 Å². The van der Waals surface area contributed by atoms with Crippen LogP contribution >= 0.6 is 0 Å². The second-order valence-electron chi connectivity index (χ2n) is 6.92. The highest BCUT2D eigenvalue weighted by molar-refractivity contribution is 7.89. The van der Waals surface area contributed by atoms with Crippen molar-refractivity contribution in [1.82, 2.24) is 4.72 Å². The summed E-state index contributed by atoms with van der Waals surface area (Å²) < 4.78 is 37.4. The number of anilines is 1. The van der Waals surface area contributed by atoms with Crippen LogP contribution < -0.4 is 14.8 Å². The van der Waals surface area contributed by atoms with Gasteiger partial charge in [-0.05, 0) is 62.2 Å². The molecule has 31 heavy (non-hydrogen) atoms. The Labute approximate surface area is 183 Å². The van der Waals surface area contributed by atoms with E-state index in [-0.39, 0.29) is 35.8 Å². The van der Waals surface area contributed by atoms with Crippen LogP contribution in [0.25, 0.3) is 0 Å². The fraction of sp³-hybridized carbons (Fsp3) is 0.364. The molecular weight excluding hydrogens is 420 g/mol. The van der Waals surface area contributed by atoms with E-state index in [9.17, 15) is 18.0 Å². The lowest BCUT2D eigenvalue weighted by atomic mass is 10.1. The van der Waals surface area contributed by atoms with Gasteiger partial charge >= 0.3 is 5.97 Å². The fourth-order valence-electron chi connectivity index (χ4n) is 2.56. The Balaban J connectivity index is 1.85. The standard InChI is InChI=1S/C22H28N2O6S/c1-4-16(3)24-31(27,28)20-12-10-19(11-13-20)30-15-21(25)23-18-8-6-17(7-9-18)14-22(26)29-5-2/h6-13,16,24H,4-5,14-15H2,1-3H3,(H,23,25)/t16-/m1/s1. The number of hydrogen-bond donors (Lipinski definition) is 2. The number of ether oxygens (including phenoxy) is 2. The molecule has 1 amide bonds. The van der Waals surface area contributed by atoms with Crippen LogP contribution in [0.2, 0.25) is 0 Å². The molecule has 2 rings (SSSR count). The van der Waals surface area contributed by atoms with Crippen LogP contribution in [0.3, 0.4) is 0 Å². The maximum atomic E-state index is 12.3. The van der Waals surface area contributed by atoms with E-state index in [1.165, 1.54) is 24.3 Å². The lowest BCUT2D eigenvalue weighted by Crippen LogP contribution is -2.31. The van der Waals surface area contributed by atoms with E-state index >= 15 is 0 Å². The van der Waals surface area contributed by atoms with E-state index in [0.717, 1.165) is 5.56 Å². The maximum absolute atomic E-state index is 12.3. The minimum Gasteiger partial charge on any atom is -0.484 e. The number of rotatable bonds is 11. The number of carbonyl (C=O) groups is 2. The zero-order chi connectivity index (χ0) is 22.9. The third-order valence-corrected chi connectivity index (χ3v) is 5.97. The molecule has 0 aliphatic carbocycles. The average molecular weight is 449 g/mol. The first-order chi connectivity index (χ1) is 14.7. The van der Waals surface area contributed by atoms with Gasteiger partial charge in [0.25, 0.3) is 5.91 Å². The van der Waals surface area contributed by atoms with Gasteiger partial charge in [-0.3, -0.25) is 9.59 Å². The maximum Gasteiger partial charge on any atom is 0.310 e. The summed E-state index contributed by atoms with van der Waals surface area (Å²) in [5.41, 5.74) is 1.35. The van der Waals surface area contributed by atoms with Crippen molar-refractivity contribution in [2.24, 2.45) is 0 Å². The van der Waals surface area contributed by atoms with Crippen LogP contribution in [0.5, 0.6) is 5.75 Å². The van der Waals surface area contributed by atoms with Crippen LogP contribution in [-0.4, -0.2) is 39.5 Å². The van der Waals surface area contributed by atoms with Gasteiger partial charge in [-0.2, -0.15) is 0 Å². The summed E-state index contributed by atoms with van der Waals surface area (Å²) in [6, 6.07) is 12.6. The second kappa shape index (κ2) is 11.5. The van der Waals surface area contributed by atoms with Crippen molar-refractivity contribution in [3.63, 3.8) is 0 Å². The van der Waals surface area contributed by atoms with Crippen molar-refractivity contribution in [3.8, 4) is 5.75 Å². The molecule has 0 fully saturated rings. The number of benzene rings is 2. The SMILES string of the molecule is CCOC(=O)Cc1ccc(NC(=O)COc2ccc(S(=O)(=O)N[C@H](C)CC)cc2)cc1. The Morgan fingerprint density at radius 3 is 2.23 bits per heavy atom. The average Bonchev–Trinajstić information content (AvgIpc) is 2.74. The molecule has 0 saturated carbocycles. The van der Waals surface area contributed by atoms with Gasteiger partial charge in [-0.25, -0.2) is 13.1 Å². The molecule has 9 heteroatoms. The molecule has 0 saturated heterocycles. The molecule has 0 radical (unpaired) electrons. The van der Waals surface area contributed by atoms with E-state index < -0.39 is 10.0 Å². The summed E-state index contributed by atoms with van der Waals surface area (Å²) in [7, 11) is -3.59. The van der Waals surface area contributed by atoms with E-state index in [2.05, 4.69) is 10.0 Å². The molecule has 2 aromatic rings. The highest BCUT2D eigenvalue weighted by Gasteiger charge is 2.16. The van der Waals surface area contributed by atoms with Crippen LogP contribution in [0.4, 0.5) is 5.69 Å². The molecule has 168 valence electrons. The smallest absolute Gasteiger partial charge is 0.310 e. The summed E-state index contributed by atoms with van der Waals surface area (Å²) in [5, 5.41) is 2.70. The van der Waals surface area contributed by atoms with Gasteiger partial charge in [0, 0.05) is 11.7 Å². The van der Waals surface area contributed by atoms with Crippen LogP contribution in [0, 0.1) is 0 Å². The Kier molecular flexibility index (Phi) is 9.02. The van der Waals surface area contributed by atoms with E-state index in [1.807, 2.05) is 6.92 Å². The van der Waals surface area contributed by atoms with Gasteiger partial charge in [-0.1, -0.05) is 19.1 Å². The Hall–Kier alpha value is -2.91. The summed E-state index contributed by atoms with van der Waals surface area (Å²) in [5.74, 6) is -0.294. The Morgan fingerprint density at radius 2 is 1.65 bits per heavy atom. The zero-order valence-electron chi connectivity index (χ0n) is 17.9. The number of carbonyl (C=O) groups excluding carboxylic acids is 2. The van der Waals surface area contributed by atoms with Gasteiger partial charge < -0.3 is 14.8 Å². The molecule has 0 aliphatic heterocycles. The summed E-state index contributed by atoms with van der Waals surface area (Å²) in [4.78, 5) is 23.7. The van der Waals surface area contributed by atoms with Crippen molar-refractivity contribution in [2.75, 3.05) is 18.5 Å². The first kappa shape index (κ1) is 24.4. The van der Waals surface area contributed by atoms with Gasteiger partial charge in [-0.15, -0.1) is 0 Å². The molecular formula is C22H28N2O6S. The lowest BCUT2D eigenvalue weighted by molar-refractivity contribution is -0.142. The third kappa shape index (κ3) is 8.03. The van der Waals surface area contributed by atoms with Crippen LogP contribution in [0.1, 0.15) is 32.8 Å². The molecule has 8 nitrogen and oxygen atoms in total. The highest BCUT2D eigenvalue weighted by atomic mass is 32.2. The quantitative estimate of drug-likeness (QED) is 0.512. The van der Waals surface area contributed by atoms with E-state index in [1.54, 1.807) is 38.1 Å². The molecule has 2 aromatic carbocycles.